The average Bonchev–Trinajstić information content (AvgIpc) is 3.14. The first-order valence-electron chi connectivity index (χ1n) is 7.71. The van der Waals surface area contributed by atoms with Crippen molar-refractivity contribution in [2.45, 2.75) is 6.61 Å². The molecule has 0 N–H and O–H groups in total. The molecule has 3 rings (SSSR count). The Morgan fingerprint density at radius 1 is 1.15 bits per heavy atom. The molecule has 0 aliphatic rings. The molecular weight excluding hydrogens is 465 g/mol. The number of hydrogen-bond acceptors (Lipinski definition) is 6. The van der Waals surface area contributed by atoms with E-state index in [0.29, 0.717) is 22.8 Å². The van der Waals surface area contributed by atoms with E-state index >= 15 is 0 Å². The zero-order valence-electron chi connectivity index (χ0n) is 14.2. The topological polar surface area (TPSA) is 57.7 Å². The molecule has 0 saturated carbocycles. The summed E-state index contributed by atoms with van der Waals surface area (Å²) in [7, 11) is 3.19. The maximum Gasteiger partial charge on any atom is 0.338 e. The number of rotatable bonds is 6. The van der Waals surface area contributed by atoms with E-state index in [1.807, 2.05) is 35.7 Å². The van der Waals surface area contributed by atoms with Crippen molar-refractivity contribution in [2.75, 3.05) is 14.2 Å². The van der Waals surface area contributed by atoms with E-state index in [-0.39, 0.29) is 12.6 Å². The molecule has 0 amide bonds. The van der Waals surface area contributed by atoms with Gasteiger partial charge < -0.3 is 14.2 Å². The second-order valence-electron chi connectivity index (χ2n) is 5.27. The second-order valence-corrected chi connectivity index (χ2v) is 7.38. The first-order chi connectivity index (χ1) is 12.6. The van der Waals surface area contributed by atoms with Gasteiger partial charge in [-0.05, 0) is 52.9 Å². The molecule has 7 heteroatoms. The molecule has 0 unspecified atom stereocenters. The number of esters is 1. The van der Waals surface area contributed by atoms with Crippen molar-refractivity contribution in [3.05, 3.63) is 62.7 Å². The van der Waals surface area contributed by atoms with Gasteiger partial charge in [0.2, 0.25) is 0 Å². The van der Waals surface area contributed by atoms with Gasteiger partial charge in [0.1, 0.15) is 11.6 Å². The molecule has 134 valence electrons. The molecular formula is C19H16INO4S. The summed E-state index contributed by atoms with van der Waals surface area (Å²) < 4.78 is 17.1. The number of carbonyl (C=O) groups excluding carboxylic acids is 1. The first-order valence-corrected chi connectivity index (χ1v) is 9.66. The van der Waals surface area contributed by atoms with Crippen LogP contribution in [0.15, 0.2) is 47.8 Å². The lowest BCUT2D eigenvalue weighted by atomic mass is 10.2. The molecule has 0 fully saturated rings. The lowest BCUT2D eigenvalue weighted by molar-refractivity contribution is 0.0468. The van der Waals surface area contributed by atoms with Crippen molar-refractivity contribution in [3.8, 4) is 22.1 Å². The Kier molecular flexibility index (Phi) is 6.10. The van der Waals surface area contributed by atoms with E-state index in [4.69, 9.17) is 14.2 Å². The van der Waals surface area contributed by atoms with Gasteiger partial charge >= 0.3 is 5.97 Å². The van der Waals surface area contributed by atoms with Crippen LogP contribution in [0.2, 0.25) is 0 Å². The number of thiazole rings is 1. The highest BCUT2D eigenvalue weighted by Crippen LogP contribution is 2.39. The Labute approximate surface area is 169 Å². The standard InChI is InChI=1S/C19H16INO4S/c1-23-16-8-4-7-15(17(16)24-2)18-21-14(11-26-18)10-25-19(22)12-5-3-6-13(20)9-12/h3-9,11H,10H2,1-2H3. The summed E-state index contributed by atoms with van der Waals surface area (Å²) in [6, 6.07) is 12.9. The van der Waals surface area contributed by atoms with Crippen molar-refractivity contribution < 1.29 is 19.0 Å². The lowest BCUT2D eigenvalue weighted by Crippen LogP contribution is -2.05. The molecule has 0 saturated heterocycles. The van der Waals surface area contributed by atoms with Gasteiger partial charge in [0.15, 0.2) is 11.5 Å². The molecule has 0 atom stereocenters. The minimum atomic E-state index is -0.364. The largest absolute Gasteiger partial charge is 0.493 e. The van der Waals surface area contributed by atoms with Crippen molar-refractivity contribution in [2.24, 2.45) is 0 Å². The monoisotopic (exact) mass is 481 g/mol. The summed E-state index contributed by atoms with van der Waals surface area (Å²) >= 11 is 3.62. The van der Waals surface area contributed by atoms with E-state index in [1.54, 1.807) is 26.4 Å². The Morgan fingerprint density at radius 2 is 1.96 bits per heavy atom. The SMILES string of the molecule is COc1cccc(-c2nc(COC(=O)c3cccc(I)c3)cs2)c1OC. The smallest absolute Gasteiger partial charge is 0.338 e. The Hall–Kier alpha value is -2.13. The number of para-hydroxylation sites is 1. The first kappa shape index (κ1) is 18.7. The summed E-state index contributed by atoms with van der Waals surface area (Å²) in [6.45, 7) is 0.118. The van der Waals surface area contributed by atoms with Gasteiger partial charge in [-0.25, -0.2) is 9.78 Å². The van der Waals surface area contributed by atoms with Gasteiger partial charge in [0.25, 0.3) is 0 Å². The molecule has 1 heterocycles. The summed E-state index contributed by atoms with van der Waals surface area (Å²) in [4.78, 5) is 16.7. The molecule has 2 aromatic carbocycles. The third-order valence-corrected chi connectivity index (χ3v) is 5.19. The van der Waals surface area contributed by atoms with Crippen LogP contribution in [-0.4, -0.2) is 25.2 Å². The quantitative estimate of drug-likeness (QED) is 0.375. The minimum Gasteiger partial charge on any atom is -0.493 e. The fraction of sp³-hybridized carbons (Fsp3) is 0.158. The highest BCUT2D eigenvalue weighted by molar-refractivity contribution is 14.1. The van der Waals surface area contributed by atoms with Crippen LogP contribution in [0.3, 0.4) is 0 Å². The number of benzene rings is 2. The summed E-state index contributed by atoms with van der Waals surface area (Å²) in [5.41, 5.74) is 2.06. The van der Waals surface area contributed by atoms with Crippen molar-refractivity contribution in [1.82, 2.24) is 4.98 Å². The zero-order valence-corrected chi connectivity index (χ0v) is 17.2. The van der Waals surface area contributed by atoms with E-state index < -0.39 is 0 Å². The molecule has 26 heavy (non-hydrogen) atoms. The lowest BCUT2D eigenvalue weighted by Gasteiger charge is -2.10. The van der Waals surface area contributed by atoms with E-state index in [9.17, 15) is 4.79 Å². The van der Waals surface area contributed by atoms with Crippen molar-refractivity contribution >= 4 is 39.9 Å². The van der Waals surface area contributed by atoms with Gasteiger partial charge in [-0.15, -0.1) is 11.3 Å². The third-order valence-electron chi connectivity index (χ3n) is 3.60. The Morgan fingerprint density at radius 3 is 2.69 bits per heavy atom. The maximum absolute atomic E-state index is 12.1. The molecule has 1 aromatic heterocycles. The maximum atomic E-state index is 12.1. The second kappa shape index (κ2) is 8.50. The molecule has 5 nitrogen and oxygen atoms in total. The third kappa shape index (κ3) is 4.16. The summed E-state index contributed by atoms with van der Waals surface area (Å²) in [6.07, 6.45) is 0. The molecule has 0 aliphatic carbocycles. The van der Waals surface area contributed by atoms with Gasteiger partial charge in [-0.1, -0.05) is 12.1 Å². The molecule has 0 spiro atoms. The summed E-state index contributed by atoms with van der Waals surface area (Å²) in [5, 5.41) is 2.65. The van der Waals surface area contributed by atoms with Gasteiger partial charge in [0, 0.05) is 8.95 Å². The van der Waals surface area contributed by atoms with Crippen molar-refractivity contribution in [3.63, 3.8) is 0 Å². The Balaban J connectivity index is 1.74. The highest BCUT2D eigenvalue weighted by atomic mass is 127. The number of hydrogen-bond donors (Lipinski definition) is 0. The number of halogens is 1. The molecule has 0 aliphatic heterocycles. The van der Waals surface area contributed by atoms with Gasteiger partial charge in [-0.2, -0.15) is 0 Å². The number of methoxy groups -OCH3 is 2. The minimum absolute atomic E-state index is 0.118. The predicted molar refractivity (Wildman–Crippen MR) is 109 cm³/mol. The van der Waals surface area contributed by atoms with Gasteiger partial charge in [0.05, 0.1) is 31.0 Å². The van der Waals surface area contributed by atoms with E-state index in [2.05, 4.69) is 27.6 Å². The van der Waals surface area contributed by atoms with Crippen LogP contribution in [0.4, 0.5) is 0 Å². The van der Waals surface area contributed by atoms with Crippen LogP contribution in [0.25, 0.3) is 10.6 Å². The van der Waals surface area contributed by atoms with Crippen LogP contribution in [0.5, 0.6) is 11.5 Å². The van der Waals surface area contributed by atoms with E-state index in [0.717, 1.165) is 14.1 Å². The highest BCUT2D eigenvalue weighted by Gasteiger charge is 2.15. The number of nitrogens with zero attached hydrogens (tertiary/aromatic N) is 1. The predicted octanol–water partition coefficient (Wildman–Crippen LogP) is 4.79. The zero-order chi connectivity index (χ0) is 18.5. The van der Waals surface area contributed by atoms with Crippen LogP contribution >= 0.6 is 33.9 Å². The van der Waals surface area contributed by atoms with Crippen LogP contribution in [-0.2, 0) is 11.3 Å². The van der Waals surface area contributed by atoms with Crippen molar-refractivity contribution in [1.29, 1.82) is 0 Å². The average molecular weight is 481 g/mol. The number of aromatic nitrogens is 1. The van der Waals surface area contributed by atoms with Crippen LogP contribution in [0, 0.1) is 3.57 Å². The summed E-state index contributed by atoms with van der Waals surface area (Å²) in [5.74, 6) is 0.913. The number of carbonyl (C=O) groups is 1. The molecule has 0 bridgehead atoms. The molecule has 3 aromatic rings. The molecule has 0 radical (unpaired) electrons. The van der Waals surface area contributed by atoms with E-state index in [1.165, 1.54) is 11.3 Å². The Bertz CT molecular complexity index is 925. The fourth-order valence-electron chi connectivity index (χ4n) is 2.39. The van der Waals surface area contributed by atoms with Gasteiger partial charge in [-0.3, -0.25) is 0 Å². The van der Waals surface area contributed by atoms with Crippen LogP contribution < -0.4 is 9.47 Å². The fourth-order valence-corrected chi connectivity index (χ4v) is 3.76. The normalized spacial score (nSPS) is 10.4. The number of ether oxygens (including phenoxy) is 3. The van der Waals surface area contributed by atoms with Crippen LogP contribution in [0.1, 0.15) is 16.1 Å².